The van der Waals surface area contributed by atoms with Crippen LogP contribution in [0.2, 0.25) is 0 Å². The van der Waals surface area contributed by atoms with E-state index in [9.17, 15) is 9.59 Å². The molecule has 0 aromatic carbocycles. The van der Waals surface area contributed by atoms with E-state index >= 15 is 0 Å². The zero-order valence-electron chi connectivity index (χ0n) is 8.01. The Bertz CT molecular complexity index is 382. The standard InChI is InChI=1S/C8H10N4O2S/c1-4-2-3-11-8(12-4)15-5(6(9)13)7(10)14/h2-3,5H,1H3,(H2,9,13)(H2,10,14). The van der Waals surface area contributed by atoms with Crippen LogP contribution < -0.4 is 11.5 Å². The molecular formula is C8H10N4O2S. The number of amides is 2. The van der Waals surface area contributed by atoms with Crippen molar-refractivity contribution in [3.05, 3.63) is 18.0 Å². The fraction of sp³-hybridized carbons (Fsp3) is 0.250. The molecule has 1 aromatic rings. The van der Waals surface area contributed by atoms with Gasteiger partial charge in [-0.15, -0.1) is 0 Å². The van der Waals surface area contributed by atoms with Gasteiger partial charge in [0.2, 0.25) is 11.8 Å². The summed E-state index contributed by atoms with van der Waals surface area (Å²) in [4.78, 5) is 29.6. The number of carbonyl (C=O) groups is 2. The number of aromatic nitrogens is 2. The van der Waals surface area contributed by atoms with Crippen LogP contribution in [-0.2, 0) is 9.59 Å². The van der Waals surface area contributed by atoms with Crippen molar-refractivity contribution in [3.63, 3.8) is 0 Å². The normalized spacial score (nSPS) is 10.3. The molecule has 0 saturated heterocycles. The highest BCUT2D eigenvalue weighted by Gasteiger charge is 2.24. The van der Waals surface area contributed by atoms with E-state index in [2.05, 4.69) is 9.97 Å². The largest absolute Gasteiger partial charge is 0.368 e. The van der Waals surface area contributed by atoms with E-state index in [-0.39, 0.29) is 0 Å². The molecule has 7 heteroatoms. The second-order valence-corrected chi connectivity index (χ2v) is 3.86. The van der Waals surface area contributed by atoms with Gasteiger partial charge in [-0.05, 0) is 13.0 Å². The lowest BCUT2D eigenvalue weighted by molar-refractivity contribution is -0.125. The van der Waals surface area contributed by atoms with E-state index in [0.29, 0.717) is 5.16 Å². The first kappa shape index (κ1) is 11.4. The summed E-state index contributed by atoms with van der Waals surface area (Å²) in [6.07, 6.45) is 1.53. The third-order valence-electron chi connectivity index (χ3n) is 1.51. The van der Waals surface area contributed by atoms with E-state index in [4.69, 9.17) is 11.5 Å². The maximum absolute atomic E-state index is 10.9. The molecule has 1 heterocycles. The molecule has 0 aliphatic rings. The molecule has 0 unspecified atom stereocenters. The minimum absolute atomic E-state index is 0.303. The average molecular weight is 226 g/mol. The Morgan fingerprint density at radius 1 is 1.40 bits per heavy atom. The summed E-state index contributed by atoms with van der Waals surface area (Å²) in [5.41, 5.74) is 10.8. The molecule has 0 saturated carbocycles. The molecule has 0 spiro atoms. The van der Waals surface area contributed by atoms with Gasteiger partial charge in [-0.25, -0.2) is 9.97 Å². The van der Waals surface area contributed by atoms with E-state index in [1.165, 1.54) is 6.20 Å². The predicted molar refractivity (Wildman–Crippen MR) is 54.8 cm³/mol. The van der Waals surface area contributed by atoms with Crippen LogP contribution >= 0.6 is 11.8 Å². The lowest BCUT2D eigenvalue weighted by Crippen LogP contribution is -2.37. The van der Waals surface area contributed by atoms with Crippen molar-refractivity contribution < 1.29 is 9.59 Å². The molecule has 4 N–H and O–H groups in total. The molecule has 0 radical (unpaired) electrons. The van der Waals surface area contributed by atoms with Crippen molar-refractivity contribution in [1.82, 2.24) is 9.97 Å². The Balaban J connectivity index is 2.83. The van der Waals surface area contributed by atoms with Gasteiger partial charge in [0.1, 0.15) is 0 Å². The zero-order valence-corrected chi connectivity index (χ0v) is 8.82. The Labute approximate surface area is 90.5 Å². The number of aryl methyl sites for hydroxylation is 1. The number of carbonyl (C=O) groups excluding carboxylic acids is 2. The molecule has 80 valence electrons. The number of nitrogens with zero attached hydrogens (tertiary/aromatic N) is 2. The number of primary amides is 2. The molecule has 0 bridgehead atoms. The van der Waals surface area contributed by atoms with E-state index in [1.54, 1.807) is 13.0 Å². The number of thioether (sulfide) groups is 1. The second kappa shape index (κ2) is 4.74. The maximum Gasteiger partial charge on any atom is 0.240 e. The summed E-state index contributed by atoms with van der Waals surface area (Å²) in [6, 6.07) is 1.70. The van der Waals surface area contributed by atoms with Crippen LogP contribution in [0.1, 0.15) is 5.69 Å². The first-order valence-electron chi connectivity index (χ1n) is 4.05. The third-order valence-corrected chi connectivity index (χ3v) is 2.62. The quantitative estimate of drug-likeness (QED) is 0.397. The highest BCUT2D eigenvalue weighted by molar-refractivity contribution is 8.01. The van der Waals surface area contributed by atoms with Crippen molar-refractivity contribution >= 4 is 23.6 Å². The van der Waals surface area contributed by atoms with Crippen LogP contribution in [0, 0.1) is 6.92 Å². The molecule has 15 heavy (non-hydrogen) atoms. The number of hydrogen-bond acceptors (Lipinski definition) is 5. The molecule has 1 rings (SSSR count). The van der Waals surface area contributed by atoms with Gasteiger partial charge in [0, 0.05) is 11.9 Å². The van der Waals surface area contributed by atoms with Crippen LogP contribution in [0.3, 0.4) is 0 Å². The van der Waals surface area contributed by atoms with Crippen molar-refractivity contribution in [2.45, 2.75) is 17.3 Å². The maximum atomic E-state index is 10.9. The van der Waals surface area contributed by atoms with Crippen molar-refractivity contribution in [3.8, 4) is 0 Å². The molecule has 2 amide bonds. The molecule has 0 aliphatic heterocycles. The minimum Gasteiger partial charge on any atom is -0.368 e. The van der Waals surface area contributed by atoms with Gasteiger partial charge in [-0.1, -0.05) is 11.8 Å². The first-order valence-corrected chi connectivity index (χ1v) is 4.93. The van der Waals surface area contributed by atoms with Crippen LogP contribution in [0.15, 0.2) is 17.4 Å². The second-order valence-electron chi connectivity index (χ2n) is 2.78. The van der Waals surface area contributed by atoms with Crippen LogP contribution in [-0.4, -0.2) is 27.0 Å². The van der Waals surface area contributed by atoms with Gasteiger partial charge in [-0.2, -0.15) is 0 Å². The third kappa shape index (κ3) is 3.21. The van der Waals surface area contributed by atoms with Gasteiger partial charge >= 0.3 is 0 Å². The summed E-state index contributed by atoms with van der Waals surface area (Å²) in [6.45, 7) is 1.77. The zero-order chi connectivity index (χ0) is 11.4. The molecule has 1 aromatic heterocycles. The average Bonchev–Trinajstić information content (AvgIpc) is 2.13. The molecule has 0 atom stereocenters. The smallest absolute Gasteiger partial charge is 0.240 e. The number of hydrogen-bond donors (Lipinski definition) is 2. The van der Waals surface area contributed by atoms with Gasteiger partial charge < -0.3 is 11.5 Å². The summed E-state index contributed by atoms with van der Waals surface area (Å²) >= 11 is 0.848. The Morgan fingerprint density at radius 3 is 2.47 bits per heavy atom. The van der Waals surface area contributed by atoms with E-state index in [1.807, 2.05) is 0 Å². The summed E-state index contributed by atoms with van der Waals surface area (Å²) < 4.78 is 0. The van der Waals surface area contributed by atoms with Crippen LogP contribution in [0.25, 0.3) is 0 Å². The Hall–Kier alpha value is -1.63. The van der Waals surface area contributed by atoms with Gasteiger partial charge in [0.05, 0.1) is 0 Å². The highest BCUT2D eigenvalue weighted by Crippen LogP contribution is 2.18. The van der Waals surface area contributed by atoms with E-state index < -0.39 is 17.1 Å². The lowest BCUT2D eigenvalue weighted by Gasteiger charge is -2.07. The monoisotopic (exact) mass is 226 g/mol. The van der Waals surface area contributed by atoms with Crippen molar-refractivity contribution in [2.24, 2.45) is 11.5 Å². The van der Waals surface area contributed by atoms with Crippen LogP contribution in [0.4, 0.5) is 0 Å². The van der Waals surface area contributed by atoms with Gasteiger partial charge in [0.25, 0.3) is 0 Å². The fourth-order valence-corrected chi connectivity index (χ4v) is 1.61. The summed E-state index contributed by atoms with van der Waals surface area (Å²) in [5, 5.41) is -0.829. The Morgan fingerprint density at radius 2 is 2.00 bits per heavy atom. The van der Waals surface area contributed by atoms with Crippen LogP contribution in [0.5, 0.6) is 0 Å². The van der Waals surface area contributed by atoms with Gasteiger partial charge in [0.15, 0.2) is 10.4 Å². The summed E-state index contributed by atoms with van der Waals surface area (Å²) in [5.74, 6) is -1.59. The molecule has 0 fully saturated rings. The SMILES string of the molecule is Cc1ccnc(SC(C(N)=O)C(N)=O)n1. The lowest BCUT2D eigenvalue weighted by atomic mass is 10.4. The predicted octanol–water partition coefficient (Wildman–Crippen LogP) is -0.784. The first-order chi connectivity index (χ1) is 7.00. The topological polar surface area (TPSA) is 112 Å². The van der Waals surface area contributed by atoms with Crippen molar-refractivity contribution in [1.29, 1.82) is 0 Å². The minimum atomic E-state index is -1.13. The number of rotatable bonds is 4. The Kier molecular flexibility index (Phi) is 3.62. The molecular weight excluding hydrogens is 216 g/mol. The van der Waals surface area contributed by atoms with Crippen molar-refractivity contribution in [2.75, 3.05) is 0 Å². The summed E-state index contributed by atoms with van der Waals surface area (Å²) in [7, 11) is 0. The molecule has 0 aliphatic carbocycles. The highest BCUT2D eigenvalue weighted by atomic mass is 32.2. The number of nitrogens with two attached hydrogens (primary N) is 2. The van der Waals surface area contributed by atoms with Gasteiger partial charge in [-0.3, -0.25) is 9.59 Å². The van der Waals surface area contributed by atoms with E-state index in [0.717, 1.165) is 17.5 Å². The molecule has 6 nitrogen and oxygen atoms in total. The fourth-order valence-electron chi connectivity index (χ4n) is 0.844.